The van der Waals surface area contributed by atoms with Crippen LogP contribution in [0.1, 0.15) is 29.0 Å². The van der Waals surface area contributed by atoms with Crippen molar-refractivity contribution >= 4 is 5.97 Å². The van der Waals surface area contributed by atoms with E-state index in [0.717, 1.165) is 12.8 Å². The maximum absolute atomic E-state index is 11.0. The van der Waals surface area contributed by atoms with Gasteiger partial charge in [-0.1, -0.05) is 0 Å². The first kappa shape index (κ1) is 11.9. The quantitative estimate of drug-likeness (QED) is 0.865. The fourth-order valence-electron chi connectivity index (χ4n) is 1.77. The van der Waals surface area contributed by atoms with Crippen LogP contribution in [-0.2, 0) is 4.74 Å². The van der Waals surface area contributed by atoms with E-state index < -0.39 is 5.97 Å². The summed E-state index contributed by atoms with van der Waals surface area (Å²) in [6, 6.07) is 3.42. The van der Waals surface area contributed by atoms with Crippen molar-refractivity contribution in [2.45, 2.75) is 25.9 Å². The Bertz CT molecular complexity index is 413. The molecule has 0 unspecified atom stereocenters. The van der Waals surface area contributed by atoms with E-state index in [0.29, 0.717) is 24.7 Å². The Morgan fingerprint density at radius 1 is 1.47 bits per heavy atom. The van der Waals surface area contributed by atoms with Gasteiger partial charge in [0.05, 0.1) is 13.2 Å². The molecule has 0 amide bonds. The van der Waals surface area contributed by atoms with Crippen molar-refractivity contribution in [2.75, 3.05) is 13.2 Å². The summed E-state index contributed by atoms with van der Waals surface area (Å²) in [4.78, 5) is 15.0. The lowest BCUT2D eigenvalue weighted by Gasteiger charge is -2.23. The Labute approximate surface area is 99.4 Å². The van der Waals surface area contributed by atoms with Gasteiger partial charge in [-0.05, 0) is 19.1 Å². The number of hydrogen-bond donors (Lipinski definition) is 1. The van der Waals surface area contributed by atoms with Gasteiger partial charge in [0.2, 0.25) is 0 Å². The minimum absolute atomic E-state index is 0.0171. The predicted octanol–water partition coefficient (Wildman–Crippen LogP) is 1.65. The normalized spacial score (nSPS) is 16.8. The van der Waals surface area contributed by atoms with Gasteiger partial charge in [0.1, 0.15) is 6.10 Å². The Hall–Kier alpha value is -1.62. The molecule has 1 N–H and O–H groups in total. The highest BCUT2D eigenvalue weighted by Crippen LogP contribution is 2.21. The van der Waals surface area contributed by atoms with Gasteiger partial charge in [0.25, 0.3) is 0 Å². The molecule has 0 bridgehead atoms. The number of aryl methyl sites for hydroxylation is 1. The number of carboxylic acids is 1. The van der Waals surface area contributed by atoms with Crippen LogP contribution in [0.4, 0.5) is 0 Å². The molecule has 1 aliphatic rings. The summed E-state index contributed by atoms with van der Waals surface area (Å²) < 4.78 is 10.9. The summed E-state index contributed by atoms with van der Waals surface area (Å²) in [7, 11) is 0. The molecule has 0 saturated carbocycles. The Balaban J connectivity index is 2.16. The highest BCUT2D eigenvalue weighted by atomic mass is 16.5. The van der Waals surface area contributed by atoms with Gasteiger partial charge in [-0.2, -0.15) is 0 Å². The van der Waals surface area contributed by atoms with Gasteiger partial charge in [-0.15, -0.1) is 0 Å². The summed E-state index contributed by atoms with van der Waals surface area (Å²) in [5.74, 6) is -0.717. The average molecular weight is 237 g/mol. The van der Waals surface area contributed by atoms with Gasteiger partial charge in [0, 0.05) is 18.5 Å². The third kappa shape index (κ3) is 2.94. The fraction of sp³-hybridized carbons (Fsp3) is 0.500. The van der Waals surface area contributed by atoms with Crippen LogP contribution in [0, 0.1) is 6.92 Å². The lowest BCUT2D eigenvalue weighted by molar-refractivity contribution is 0.0246. The molecule has 92 valence electrons. The second kappa shape index (κ2) is 5.14. The predicted molar refractivity (Wildman–Crippen MR) is 60.4 cm³/mol. The highest BCUT2D eigenvalue weighted by Gasteiger charge is 2.20. The van der Waals surface area contributed by atoms with Gasteiger partial charge in [-0.3, -0.25) is 0 Å². The largest absolute Gasteiger partial charge is 0.488 e. The first-order chi connectivity index (χ1) is 8.16. The van der Waals surface area contributed by atoms with Crippen molar-refractivity contribution in [1.29, 1.82) is 0 Å². The number of pyridine rings is 1. The molecule has 5 nitrogen and oxygen atoms in total. The van der Waals surface area contributed by atoms with Gasteiger partial charge >= 0.3 is 5.97 Å². The Kier molecular flexibility index (Phi) is 3.58. The zero-order chi connectivity index (χ0) is 12.3. The van der Waals surface area contributed by atoms with Crippen molar-refractivity contribution < 1.29 is 19.4 Å². The SMILES string of the molecule is Cc1ccc(OC2CCOCC2)c(C(=O)O)n1. The van der Waals surface area contributed by atoms with Crippen LogP contribution in [0.25, 0.3) is 0 Å². The summed E-state index contributed by atoms with van der Waals surface area (Å²) in [6.07, 6.45) is 1.59. The molecule has 1 aromatic heterocycles. The van der Waals surface area contributed by atoms with Crippen LogP contribution in [0.2, 0.25) is 0 Å². The molecule has 2 rings (SSSR count). The van der Waals surface area contributed by atoms with E-state index in [1.165, 1.54) is 0 Å². The molecule has 5 heteroatoms. The molecule has 0 radical (unpaired) electrons. The van der Waals surface area contributed by atoms with E-state index in [4.69, 9.17) is 14.6 Å². The number of carboxylic acid groups (broad SMARTS) is 1. The van der Waals surface area contributed by atoms with Crippen molar-refractivity contribution in [3.63, 3.8) is 0 Å². The van der Waals surface area contributed by atoms with Crippen LogP contribution in [-0.4, -0.2) is 35.4 Å². The Morgan fingerprint density at radius 3 is 2.82 bits per heavy atom. The molecule has 0 aromatic carbocycles. The molecule has 0 spiro atoms. The fourth-order valence-corrected chi connectivity index (χ4v) is 1.77. The average Bonchev–Trinajstić information content (AvgIpc) is 2.32. The van der Waals surface area contributed by atoms with Crippen LogP contribution in [0.5, 0.6) is 5.75 Å². The zero-order valence-electron chi connectivity index (χ0n) is 9.68. The van der Waals surface area contributed by atoms with Gasteiger partial charge < -0.3 is 14.6 Å². The maximum Gasteiger partial charge on any atom is 0.358 e. The minimum atomic E-state index is -1.06. The van der Waals surface area contributed by atoms with E-state index in [9.17, 15) is 4.79 Å². The van der Waals surface area contributed by atoms with Crippen molar-refractivity contribution in [3.05, 3.63) is 23.5 Å². The van der Waals surface area contributed by atoms with Gasteiger partial charge in [0.15, 0.2) is 11.4 Å². The monoisotopic (exact) mass is 237 g/mol. The van der Waals surface area contributed by atoms with Gasteiger partial charge in [-0.25, -0.2) is 9.78 Å². The second-order valence-corrected chi connectivity index (χ2v) is 4.03. The highest BCUT2D eigenvalue weighted by molar-refractivity contribution is 5.88. The number of hydrogen-bond acceptors (Lipinski definition) is 4. The second-order valence-electron chi connectivity index (χ2n) is 4.03. The molecule has 1 aliphatic heterocycles. The van der Waals surface area contributed by atoms with Crippen LogP contribution in [0.3, 0.4) is 0 Å². The summed E-state index contributed by atoms with van der Waals surface area (Å²) >= 11 is 0. The molecule has 1 saturated heterocycles. The molecule has 0 aliphatic carbocycles. The van der Waals surface area contributed by atoms with Crippen LogP contribution >= 0.6 is 0 Å². The van der Waals surface area contributed by atoms with Crippen molar-refractivity contribution in [1.82, 2.24) is 4.98 Å². The summed E-state index contributed by atoms with van der Waals surface area (Å²) in [6.45, 7) is 3.07. The summed E-state index contributed by atoms with van der Waals surface area (Å²) in [5.41, 5.74) is 0.651. The van der Waals surface area contributed by atoms with E-state index in [2.05, 4.69) is 4.98 Å². The molecule has 1 aromatic rings. The number of aromatic nitrogens is 1. The van der Waals surface area contributed by atoms with E-state index in [1.54, 1.807) is 19.1 Å². The number of rotatable bonds is 3. The van der Waals surface area contributed by atoms with E-state index in [-0.39, 0.29) is 11.8 Å². The summed E-state index contributed by atoms with van der Waals surface area (Å²) in [5, 5.41) is 9.05. The van der Waals surface area contributed by atoms with Crippen molar-refractivity contribution in [3.8, 4) is 5.75 Å². The third-order valence-corrected chi connectivity index (χ3v) is 2.66. The number of aromatic carboxylic acids is 1. The minimum Gasteiger partial charge on any atom is -0.488 e. The first-order valence-corrected chi connectivity index (χ1v) is 5.62. The topological polar surface area (TPSA) is 68.7 Å². The Morgan fingerprint density at radius 2 is 2.18 bits per heavy atom. The van der Waals surface area contributed by atoms with E-state index >= 15 is 0 Å². The molecule has 17 heavy (non-hydrogen) atoms. The number of carbonyl (C=O) groups is 1. The number of ether oxygens (including phenoxy) is 2. The lowest BCUT2D eigenvalue weighted by Crippen LogP contribution is -2.26. The zero-order valence-corrected chi connectivity index (χ0v) is 9.68. The third-order valence-electron chi connectivity index (χ3n) is 2.66. The molecular formula is C12H15NO4. The van der Waals surface area contributed by atoms with E-state index in [1.807, 2.05) is 0 Å². The van der Waals surface area contributed by atoms with Crippen molar-refractivity contribution in [2.24, 2.45) is 0 Å². The molecule has 1 fully saturated rings. The van der Waals surface area contributed by atoms with Crippen LogP contribution < -0.4 is 4.74 Å². The molecule has 2 heterocycles. The smallest absolute Gasteiger partial charge is 0.358 e. The lowest BCUT2D eigenvalue weighted by atomic mass is 10.1. The maximum atomic E-state index is 11.0. The molecular weight excluding hydrogens is 222 g/mol. The van der Waals surface area contributed by atoms with Crippen LogP contribution in [0.15, 0.2) is 12.1 Å². The molecule has 0 atom stereocenters. The standard InChI is InChI=1S/C12H15NO4/c1-8-2-3-10(11(13-8)12(14)15)17-9-4-6-16-7-5-9/h2-3,9H,4-7H2,1H3,(H,14,15). The number of nitrogens with zero attached hydrogens (tertiary/aromatic N) is 1. The first-order valence-electron chi connectivity index (χ1n) is 5.62.